The summed E-state index contributed by atoms with van der Waals surface area (Å²) >= 11 is 0. The average Bonchev–Trinajstić information content (AvgIpc) is 3.23. The van der Waals surface area contributed by atoms with Crippen LogP contribution in [0.25, 0.3) is 0 Å². The quantitative estimate of drug-likeness (QED) is 0.131. The van der Waals surface area contributed by atoms with Crippen LogP contribution in [0.1, 0.15) is 87.5 Å². The molecule has 0 amide bonds. The summed E-state index contributed by atoms with van der Waals surface area (Å²) in [5.41, 5.74) is -0.806. The molecule has 0 aromatic carbocycles. The summed E-state index contributed by atoms with van der Waals surface area (Å²) in [6.45, 7) is 13.6. The van der Waals surface area contributed by atoms with Crippen LogP contribution in [0.3, 0.4) is 0 Å². The lowest BCUT2D eigenvalue weighted by molar-refractivity contribution is -0.341. The highest BCUT2D eigenvalue weighted by Crippen LogP contribution is 2.37. The van der Waals surface area contributed by atoms with Crippen molar-refractivity contribution in [3.63, 3.8) is 0 Å². The van der Waals surface area contributed by atoms with Crippen molar-refractivity contribution >= 4 is 18.0 Å². The second-order valence-electron chi connectivity index (χ2n) is 18.7. The SMILES string of the molecule is CC[C@H]1OC(=O)C[C@@H](O)[C@H](C)[C@@H](O[C@H]2O[C@H](C)[C@@H](O[C@H]3C[C@@](C)(O)[C@@H](O)[C@H](C)O3)[C@H](N(C)C)[C@H]2O)[C@@H](CC=O)C[C@@H](C)C(=O)/C=C/C(C)=C[C@@H]1CO[C@@H]1O[C@H](C)[C@@H](O)[C@@H](OC)[C@H]1OC. The molecule has 3 saturated heterocycles. The predicted molar refractivity (Wildman–Crippen MR) is 230 cm³/mol. The lowest BCUT2D eigenvalue weighted by atomic mass is 9.79. The molecule has 368 valence electrons. The van der Waals surface area contributed by atoms with Crippen LogP contribution < -0.4 is 0 Å². The molecule has 21 atom stereocenters. The van der Waals surface area contributed by atoms with Crippen molar-refractivity contribution in [2.45, 2.75) is 191 Å². The van der Waals surface area contributed by atoms with Crippen LogP contribution in [0.15, 0.2) is 23.8 Å². The van der Waals surface area contributed by atoms with Gasteiger partial charge >= 0.3 is 5.97 Å². The molecule has 18 heteroatoms. The Hall–Kier alpha value is -2.27. The molecular weight excluding hydrogens is 838 g/mol. The van der Waals surface area contributed by atoms with E-state index in [9.17, 15) is 39.9 Å². The van der Waals surface area contributed by atoms with Crippen LogP contribution in [-0.4, -0.2) is 187 Å². The van der Waals surface area contributed by atoms with Crippen molar-refractivity contribution in [3.05, 3.63) is 23.8 Å². The van der Waals surface area contributed by atoms with Crippen molar-refractivity contribution < 1.29 is 82.5 Å². The van der Waals surface area contributed by atoms with E-state index in [0.29, 0.717) is 12.0 Å². The minimum atomic E-state index is -1.49. The fourth-order valence-electron chi connectivity index (χ4n) is 9.51. The number of ether oxygens (including phenoxy) is 9. The minimum absolute atomic E-state index is 0.00788. The second-order valence-corrected chi connectivity index (χ2v) is 18.7. The van der Waals surface area contributed by atoms with Crippen LogP contribution in [0.2, 0.25) is 0 Å². The van der Waals surface area contributed by atoms with Crippen molar-refractivity contribution in [3.8, 4) is 0 Å². The molecule has 4 aliphatic rings. The van der Waals surface area contributed by atoms with E-state index in [-0.39, 0.29) is 31.7 Å². The zero-order chi connectivity index (χ0) is 47.8. The number of methoxy groups -OCH3 is 2. The van der Waals surface area contributed by atoms with E-state index in [1.54, 1.807) is 59.7 Å². The van der Waals surface area contributed by atoms with Crippen molar-refractivity contribution in [1.29, 1.82) is 0 Å². The monoisotopic (exact) mass is 916 g/mol. The third kappa shape index (κ3) is 13.5. The Morgan fingerprint density at radius 3 is 2.11 bits per heavy atom. The van der Waals surface area contributed by atoms with Gasteiger partial charge in [0, 0.05) is 44.8 Å². The van der Waals surface area contributed by atoms with Crippen LogP contribution in [0.5, 0.6) is 0 Å². The molecular formula is C46H77NO17. The number of carbonyl (C=O) groups excluding carboxylic acids is 3. The van der Waals surface area contributed by atoms with Crippen LogP contribution in [0.4, 0.5) is 0 Å². The second kappa shape index (κ2) is 24.1. The van der Waals surface area contributed by atoms with Gasteiger partial charge in [0.2, 0.25) is 0 Å². The molecule has 4 rings (SSSR count). The fraction of sp³-hybridized carbons (Fsp3) is 0.848. The number of aliphatic hydroxyl groups is 5. The zero-order valence-electron chi connectivity index (χ0n) is 39.7. The van der Waals surface area contributed by atoms with Gasteiger partial charge < -0.3 is 77.9 Å². The summed E-state index contributed by atoms with van der Waals surface area (Å²) in [6, 6.07) is -0.748. The van der Waals surface area contributed by atoms with E-state index in [0.717, 1.165) is 6.29 Å². The van der Waals surface area contributed by atoms with Crippen LogP contribution >= 0.6 is 0 Å². The smallest absolute Gasteiger partial charge is 0.308 e. The molecule has 3 fully saturated rings. The average molecular weight is 916 g/mol. The Bertz CT molecular complexity index is 1560. The summed E-state index contributed by atoms with van der Waals surface area (Å²) in [4.78, 5) is 41.5. The van der Waals surface area contributed by atoms with Gasteiger partial charge in [0.25, 0.3) is 0 Å². The highest BCUT2D eigenvalue weighted by Gasteiger charge is 2.52. The maximum atomic E-state index is 13.8. The molecule has 0 spiro atoms. The van der Waals surface area contributed by atoms with Gasteiger partial charge in [-0.25, -0.2) is 0 Å². The molecule has 0 saturated carbocycles. The zero-order valence-corrected chi connectivity index (χ0v) is 39.7. The van der Waals surface area contributed by atoms with Gasteiger partial charge in [-0.05, 0) is 73.5 Å². The highest BCUT2D eigenvalue weighted by atomic mass is 16.7. The number of ketones is 1. The molecule has 0 radical (unpaired) electrons. The third-order valence-corrected chi connectivity index (χ3v) is 13.4. The first kappa shape index (κ1) is 54.3. The normalized spacial score (nSPS) is 45.1. The number of aldehydes is 1. The van der Waals surface area contributed by atoms with E-state index in [1.165, 1.54) is 27.2 Å². The van der Waals surface area contributed by atoms with E-state index in [2.05, 4.69) is 0 Å². The molecule has 0 bridgehead atoms. The molecule has 18 nitrogen and oxygen atoms in total. The standard InChI is InChI=1S/C46H77NO17/c1-13-33-30(22-58-45-42(57-12)41(56-11)37(52)26(5)60-45)18-23(2)14-15-31(49)24(3)19-29(16-17-48)39(25(4)32(50)20-34(51)62-33)64-44-38(53)36(47(9)10)40(27(6)61-44)63-35-21-46(8,55)43(54)28(7)59-35/h14-15,17-18,24-30,32-33,35-45,50,52-55H,13,16,19-22H2,1-12H3/b15-14+,23-18?/t24-,25+,26-,27-,28+,29+,30-,32-,33-,35+,36-,37-,38-,39-,40-,41-,42-,43+,44-,45-,46-/m1/s1. The fourth-order valence-corrected chi connectivity index (χ4v) is 9.51. The maximum absolute atomic E-state index is 13.8. The Labute approximate surface area is 378 Å². The van der Waals surface area contributed by atoms with Crippen LogP contribution in [-0.2, 0) is 57.0 Å². The first-order chi connectivity index (χ1) is 30.1. The summed E-state index contributed by atoms with van der Waals surface area (Å²) < 4.78 is 54.7. The Morgan fingerprint density at radius 2 is 1.52 bits per heavy atom. The number of allylic oxidation sites excluding steroid dienone is 3. The summed E-state index contributed by atoms with van der Waals surface area (Å²) in [6.07, 6.45) is -8.49. The molecule has 0 aromatic heterocycles. The number of aliphatic hydroxyl groups excluding tert-OH is 4. The summed E-state index contributed by atoms with van der Waals surface area (Å²) in [5, 5.41) is 55.8. The Morgan fingerprint density at radius 1 is 0.859 bits per heavy atom. The lowest BCUT2D eigenvalue weighted by Gasteiger charge is -2.50. The van der Waals surface area contributed by atoms with Crippen LogP contribution in [0, 0.1) is 23.7 Å². The largest absolute Gasteiger partial charge is 0.462 e. The number of esters is 1. The predicted octanol–water partition coefficient (Wildman–Crippen LogP) is 1.83. The van der Waals surface area contributed by atoms with Crippen molar-refractivity contribution in [1.82, 2.24) is 4.90 Å². The van der Waals surface area contributed by atoms with E-state index >= 15 is 0 Å². The molecule has 0 aliphatic carbocycles. The van der Waals surface area contributed by atoms with E-state index < -0.39 is 140 Å². The topological polar surface area (TPSA) is 239 Å². The number of rotatable bonds is 13. The number of hydrogen-bond donors (Lipinski definition) is 5. The van der Waals surface area contributed by atoms with Crippen molar-refractivity contribution in [2.75, 3.05) is 34.9 Å². The number of nitrogens with zero attached hydrogens (tertiary/aromatic N) is 1. The van der Waals surface area contributed by atoms with Gasteiger partial charge in [0.15, 0.2) is 24.7 Å². The van der Waals surface area contributed by atoms with Gasteiger partial charge in [-0.1, -0.05) is 38.5 Å². The number of likely N-dealkylation sites (N-methyl/N-ethyl adjacent to an activating group) is 1. The van der Waals surface area contributed by atoms with Gasteiger partial charge in [-0.3, -0.25) is 9.59 Å². The Balaban J connectivity index is 1.62. The molecule has 0 unspecified atom stereocenters. The maximum Gasteiger partial charge on any atom is 0.308 e. The first-order valence-corrected chi connectivity index (χ1v) is 22.7. The molecule has 64 heavy (non-hydrogen) atoms. The van der Waals surface area contributed by atoms with Gasteiger partial charge in [-0.2, -0.15) is 0 Å². The summed E-state index contributed by atoms with van der Waals surface area (Å²) in [5.74, 6) is -3.59. The minimum Gasteiger partial charge on any atom is -0.462 e. The first-order valence-electron chi connectivity index (χ1n) is 22.7. The number of cyclic esters (lactones) is 1. The summed E-state index contributed by atoms with van der Waals surface area (Å²) in [7, 11) is 6.43. The molecule has 0 aromatic rings. The Kier molecular flexibility index (Phi) is 20.5. The van der Waals surface area contributed by atoms with Crippen molar-refractivity contribution in [2.24, 2.45) is 23.7 Å². The highest BCUT2D eigenvalue weighted by molar-refractivity contribution is 5.91. The van der Waals surface area contributed by atoms with Gasteiger partial charge in [0.05, 0.1) is 55.2 Å². The molecule has 5 N–H and O–H groups in total. The van der Waals surface area contributed by atoms with Gasteiger partial charge in [-0.15, -0.1) is 0 Å². The van der Waals surface area contributed by atoms with E-state index in [4.69, 9.17) is 42.6 Å². The lowest BCUT2D eigenvalue weighted by Crippen LogP contribution is -2.65. The van der Waals surface area contributed by atoms with E-state index in [1.807, 2.05) is 19.9 Å². The molecule has 4 aliphatic heterocycles. The number of carbonyl (C=O) groups is 3. The molecule has 4 heterocycles. The van der Waals surface area contributed by atoms with Gasteiger partial charge in [0.1, 0.15) is 49.0 Å². The third-order valence-electron chi connectivity index (χ3n) is 13.4. The number of hydrogen-bond acceptors (Lipinski definition) is 18.